The van der Waals surface area contributed by atoms with Crippen molar-refractivity contribution in [3.63, 3.8) is 0 Å². The van der Waals surface area contributed by atoms with Crippen molar-refractivity contribution < 1.29 is 27.9 Å². The van der Waals surface area contributed by atoms with Crippen LogP contribution in [0.1, 0.15) is 30.8 Å². The fraction of sp³-hybridized carbons (Fsp3) is 0.600. The zero-order valence-electron chi connectivity index (χ0n) is 13.9. The van der Waals surface area contributed by atoms with Crippen molar-refractivity contribution in [2.45, 2.75) is 25.2 Å². The van der Waals surface area contributed by atoms with Crippen LogP contribution in [0.15, 0.2) is 17.2 Å². The number of ether oxygens (including phenoxy) is 1. The van der Waals surface area contributed by atoms with Crippen molar-refractivity contribution >= 4 is 22.0 Å². The number of aromatic nitrogens is 1. The molecule has 2 atom stereocenters. The molecule has 2 rings (SSSR count). The molecule has 0 saturated carbocycles. The van der Waals surface area contributed by atoms with Gasteiger partial charge in [-0.15, -0.1) is 0 Å². The highest BCUT2D eigenvalue weighted by Crippen LogP contribution is 2.28. The van der Waals surface area contributed by atoms with Gasteiger partial charge >= 0.3 is 11.9 Å². The van der Waals surface area contributed by atoms with E-state index in [1.54, 1.807) is 14.0 Å². The molecule has 1 aliphatic rings. The van der Waals surface area contributed by atoms with Crippen LogP contribution >= 0.6 is 0 Å². The van der Waals surface area contributed by atoms with Crippen molar-refractivity contribution in [1.29, 1.82) is 0 Å². The summed E-state index contributed by atoms with van der Waals surface area (Å²) in [6, 6.07) is 1.27. The van der Waals surface area contributed by atoms with Crippen LogP contribution in [0.3, 0.4) is 0 Å². The molecule has 1 N–H and O–H groups in total. The SMILES string of the molecule is CCOC(=O)c1cc(S(=O)(=O)N2CC(C)CC(C(=O)O)C2)cn1C. The minimum Gasteiger partial charge on any atom is -0.481 e. The number of rotatable bonds is 5. The molecule has 0 amide bonds. The number of carboxylic acid groups (broad SMARTS) is 1. The Morgan fingerprint density at radius 1 is 1.38 bits per heavy atom. The fourth-order valence-electron chi connectivity index (χ4n) is 2.91. The van der Waals surface area contributed by atoms with Crippen molar-refractivity contribution in [2.24, 2.45) is 18.9 Å². The van der Waals surface area contributed by atoms with Crippen LogP contribution in [0.4, 0.5) is 0 Å². The number of nitrogens with zero attached hydrogens (tertiary/aromatic N) is 2. The van der Waals surface area contributed by atoms with E-state index in [1.807, 2.05) is 6.92 Å². The molecule has 2 heterocycles. The van der Waals surface area contributed by atoms with Crippen LogP contribution in [-0.2, 0) is 26.6 Å². The number of hydrogen-bond acceptors (Lipinski definition) is 5. The molecule has 1 aliphatic heterocycles. The Hall–Kier alpha value is -1.87. The van der Waals surface area contributed by atoms with Gasteiger partial charge in [0.25, 0.3) is 0 Å². The maximum Gasteiger partial charge on any atom is 0.354 e. The molecule has 24 heavy (non-hydrogen) atoms. The number of carbonyl (C=O) groups excluding carboxylic acids is 1. The third-order valence-corrected chi connectivity index (χ3v) is 5.87. The van der Waals surface area contributed by atoms with Gasteiger partial charge in [-0.2, -0.15) is 4.31 Å². The third kappa shape index (κ3) is 3.62. The lowest BCUT2D eigenvalue weighted by molar-refractivity contribution is -0.143. The summed E-state index contributed by atoms with van der Waals surface area (Å²) in [7, 11) is -2.31. The Morgan fingerprint density at radius 3 is 2.62 bits per heavy atom. The fourth-order valence-corrected chi connectivity index (χ4v) is 4.59. The van der Waals surface area contributed by atoms with E-state index < -0.39 is 27.9 Å². The van der Waals surface area contributed by atoms with Crippen molar-refractivity contribution in [3.8, 4) is 0 Å². The Labute approximate surface area is 141 Å². The second-order valence-corrected chi connectivity index (χ2v) is 8.03. The highest BCUT2D eigenvalue weighted by molar-refractivity contribution is 7.89. The van der Waals surface area contributed by atoms with Crippen molar-refractivity contribution in [2.75, 3.05) is 19.7 Å². The highest BCUT2D eigenvalue weighted by Gasteiger charge is 2.37. The summed E-state index contributed by atoms with van der Waals surface area (Å²) >= 11 is 0. The molecule has 0 aromatic carbocycles. The number of hydrogen-bond donors (Lipinski definition) is 1. The van der Waals surface area contributed by atoms with Crippen LogP contribution in [0.5, 0.6) is 0 Å². The molecule has 134 valence electrons. The molecule has 0 bridgehead atoms. The van der Waals surface area contributed by atoms with Gasteiger partial charge in [-0.05, 0) is 25.3 Å². The van der Waals surface area contributed by atoms with Crippen LogP contribution in [0.25, 0.3) is 0 Å². The van der Waals surface area contributed by atoms with Gasteiger partial charge in [0.15, 0.2) is 0 Å². The minimum atomic E-state index is -3.87. The molecule has 8 nitrogen and oxygen atoms in total. The first-order valence-electron chi connectivity index (χ1n) is 7.73. The number of esters is 1. The van der Waals surface area contributed by atoms with E-state index in [1.165, 1.54) is 21.1 Å². The summed E-state index contributed by atoms with van der Waals surface area (Å²) < 4.78 is 33.1. The molecular weight excluding hydrogens is 336 g/mol. The normalized spacial score (nSPS) is 22.3. The van der Waals surface area contributed by atoms with E-state index >= 15 is 0 Å². The Bertz CT molecular complexity index is 739. The molecular formula is C15H22N2O6S. The number of piperidine rings is 1. The first kappa shape index (κ1) is 18.5. The maximum absolute atomic E-state index is 12.8. The minimum absolute atomic E-state index is 0.0358. The van der Waals surface area contributed by atoms with Gasteiger partial charge in [0.05, 0.1) is 12.5 Å². The van der Waals surface area contributed by atoms with Gasteiger partial charge in [0, 0.05) is 26.3 Å². The molecule has 2 unspecified atom stereocenters. The maximum atomic E-state index is 12.8. The summed E-state index contributed by atoms with van der Waals surface area (Å²) in [5.41, 5.74) is 0.135. The van der Waals surface area contributed by atoms with Gasteiger partial charge in [-0.3, -0.25) is 4.79 Å². The quantitative estimate of drug-likeness (QED) is 0.785. The largest absolute Gasteiger partial charge is 0.481 e. The monoisotopic (exact) mass is 358 g/mol. The highest BCUT2D eigenvalue weighted by atomic mass is 32.2. The standard InChI is InChI=1S/C15H22N2O6S/c1-4-23-15(20)13-6-12(9-16(13)3)24(21,22)17-7-10(2)5-11(8-17)14(18)19/h6,9-11H,4-5,7-8H2,1-3H3,(H,18,19). The van der Waals surface area contributed by atoms with Crippen LogP contribution in [0.2, 0.25) is 0 Å². The Balaban J connectivity index is 2.31. The first-order chi connectivity index (χ1) is 11.2. The molecule has 1 fully saturated rings. The summed E-state index contributed by atoms with van der Waals surface area (Å²) in [6.07, 6.45) is 1.79. The zero-order chi connectivity index (χ0) is 18.1. The summed E-state index contributed by atoms with van der Waals surface area (Å²) in [5, 5.41) is 9.20. The van der Waals surface area contributed by atoms with Crippen LogP contribution in [-0.4, -0.2) is 54.0 Å². The molecule has 0 aliphatic carbocycles. The number of sulfonamides is 1. The lowest BCUT2D eigenvalue weighted by Crippen LogP contribution is -2.45. The number of aryl methyl sites for hydroxylation is 1. The van der Waals surface area contributed by atoms with Crippen LogP contribution in [0, 0.1) is 11.8 Å². The molecule has 9 heteroatoms. The third-order valence-electron chi connectivity index (χ3n) is 4.08. The van der Waals surface area contributed by atoms with Gasteiger partial charge < -0.3 is 14.4 Å². The van der Waals surface area contributed by atoms with E-state index in [9.17, 15) is 23.1 Å². The molecule has 1 aromatic rings. The summed E-state index contributed by atoms with van der Waals surface area (Å²) in [4.78, 5) is 23.1. The lowest BCUT2D eigenvalue weighted by atomic mass is 9.92. The first-order valence-corrected chi connectivity index (χ1v) is 9.17. The molecule has 1 saturated heterocycles. The predicted molar refractivity (Wildman–Crippen MR) is 85.0 cm³/mol. The Kier molecular flexibility index (Phi) is 5.34. The van der Waals surface area contributed by atoms with Gasteiger partial charge in [0.2, 0.25) is 10.0 Å². The topological polar surface area (TPSA) is 106 Å². The molecule has 0 spiro atoms. The van der Waals surface area contributed by atoms with Crippen molar-refractivity contribution in [3.05, 3.63) is 18.0 Å². The van der Waals surface area contributed by atoms with E-state index in [2.05, 4.69) is 0 Å². The number of aliphatic carboxylic acids is 1. The second kappa shape index (κ2) is 6.94. The average Bonchev–Trinajstić information content (AvgIpc) is 2.89. The second-order valence-electron chi connectivity index (χ2n) is 6.09. The smallest absolute Gasteiger partial charge is 0.354 e. The van der Waals surface area contributed by atoms with Gasteiger partial charge in [-0.25, -0.2) is 13.2 Å². The summed E-state index contributed by atoms with van der Waals surface area (Å²) in [6.45, 7) is 3.88. The number of carboxylic acids is 1. The average molecular weight is 358 g/mol. The van der Waals surface area contributed by atoms with Gasteiger partial charge in [-0.1, -0.05) is 6.92 Å². The van der Waals surface area contributed by atoms with Crippen molar-refractivity contribution in [1.82, 2.24) is 8.87 Å². The zero-order valence-corrected chi connectivity index (χ0v) is 14.7. The molecule has 0 radical (unpaired) electrons. The summed E-state index contributed by atoms with van der Waals surface area (Å²) in [5.74, 6) is -2.38. The lowest BCUT2D eigenvalue weighted by Gasteiger charge is -2.33. The molecule has 1 aromatic heterocycles. The predicted octanol–water partition coefficient (Wildman–Crippen LogP) is 0.933. The van der Waals surface area contributed by atoms with Crippen LogP contribution < -0.4 is 0 Å². The van der Waals surface area contributed by atoms with E-state index in [4.69, 9.17) is 4.74 Å². The van der Waals surface area contributed by atoms with E-state index in [0.29, 0.717) is 6.42 Å². The van der Waals surface area contributed by atoms with E-state index in [0.717, 1.165) is 0 Å². The Morgan fingerprint density at radius 2 is 2.04 bits per heavy atom. The van der Waals surface area contributed by atoms with Gasteiger partial charge in [0.1, 0.15) is 10.6 Å². The van der Waals surface area contributed by atoms with E-state index in [-0.39, 0.29) is 36.2 Å². The number of carbonyl (C=O) groups is 2.